The molecule has 1 aromatic carbocycles. The maximum atomic E-state index is 13.3. The molecular weight excluding hydrogens is 392 g/mol. The molecule has 4 rings (SSSR count). The molecule has 3 unspecified atom stereocenters. The lowest BCUT2D eigenvalue weighted by Gasteiger charge is -2.44. The van der Waals surface area contributed by atoms with E-state index in [1.807, 2.05) is 0 Å². The number of allylic oxidation sites excluding steroid dienone is 2. The van der Waals surface area contributed by atoms with Gasteiger partial charge < -0.3 is 8.85 Å². The second-order valence-electron chi connectivity index (χ2n) is 11.4. The summed E-state index contributed by atoms with van der Waals surface area (Å²) in [7, 11) is -3.35. The molecule has 3 aliphatic carbocycles. The molecule has 3 aliphatic rings. The molecule has 0 heterocycles. The summed E-state index contributed by atoms with van der Waals surface area (Å²) in [5.74, 6) is 2.66. The van der Waals surface area contributed by atoms with E-state index in [-0.39, 0.29) is 11.5 Å². The Morgan fingerprint density at radius 3 is 2.45 bits per heavy atom. The minimum absolute atomic E-state index is 0.214. The third-order valence-electron chi connectivity index (χ3n) is 6.83. The molecule has 29 heavy (non-hydrogen) atoms. The summed E-state index contributed by atoms with van der Waals surface area (Å²) in [6, 6.07) is 6.70. The molecule has 0 saturated heterocycles. The van der Waals surface area contributed by atoms with Gasteiger partial charge in [-0.05, 0) is 101 Å². The maximum Gasteiger partial charge on any atom is 0.242 e. The fourth-order valence-electron chi connectivity index (χ4n) is 5.74. The van der Waals surface area contributed by atoms with Crippen LogP contribution in [0.4, 0.5) is 0 Å². The second kappa shape index (κ2) is 6.93. The fourth-order valence-corrected chi connectivity index (χ4v) is 7.63. The van der Waals surface area contributed by atoms with Gasteiger partial charge in [0.1, 0.15) is 11.9 Å². The summed E-state index contributed by atoms with van der Waals surface area (Å²) in [5.41, 5.74) is 2.50. The number of Topliss-reactive ketones (excluding diaryl/α,β-unsaturated/α-hetero) is 1. The van der Waals surface area contributed by atoms with Crippen molar-refractivity contribution in [1.29, 1.82) is 0 Å². The molecule has 5 atom stereocenters. The van der Waals surface area contributed by atoms with Gasteiger partial charge in [0.05, 0.1) is 0 Å². The van der Waals surface area contributed by atoms with Crippen molar-refractivity contribution in [3.8, 4) is 5.75 Å². The maximum absolute atomic E-state index is 13.3. The van der Waals surface area contributed by atoms with Crippen molar-refractivity contribution in [3.05, 3.63) is 41.5 Å². The average molecular weight is 429 g/mol. The number of carbonyl (C=O) groups is 1. The van der Waals surface area contributed by atoms with Crippen molar-refractivity contribution in [2.45, 2.75) is 77.5 Å². The van der Waals surface area contributed by atoms with Gasteiger partial charge in [0.25, 0.3) is 0 Å². The third kappa shape index (κ3) is 3.93. The summed E-state index contributed by atoms with van der Waals surface area (Å²) < 4.78 is 12.5. The molecule has 0 N–H and O–H groups in total. The predicted octanol–water partition coefficient (Wildman–Crippen LogP) is 5.93. The molecule has 0 amide bonds. The number of ketones is 1. The number of fused-ring (bicyclic) bond motifs is 5. The minimum Gasteiger partial charge on any atom is -0.544 e. The van der Waals surface area contributed by atoms with Gasteiger partial charge in [0.15, 0.2) is 14.1 Å². The van der Waals surface area contributed by atoms with Crippen molar-refractivity contribution in [2.75, 3.05) is 0 Å². The van der Waals surface area contributed by atoms with E-state index < -0.39 is 16.6 Å². The number of hydrogen-bond acceptors (Lipinski definition) is 3. The molecule has 158 valence electrons. The lowest BCUT2D eigenvalue weighted by molar-refractivity contribution is -0.130. The smallest absolute Gasteiger partial charge is 0.242 e. The zero-order valence-electron chi connectivity index (χ0n) is 19.0. The third-order valence-corrected chi connectivity index (χ3v) is 8.67. The molecule has 0 aliphatic heterocycles. The molecule has 0 radical (unpaired) electrons. The Labute approximate surface area is 178 Å². The summed E-state index contributed by atoms with van der Waals surface area (Å²) >= 11 is 0. The number of carbonyl (C=O) groups excluding carboxylic acids is 1. The molecule has 0 bridgehead atoms. The zero-order chi connectivity index (χ0) is 21.2. The van der Waals surface area contributed by atoms with Crippen molar-refractivity contribution >= 4 is 22.4 Å². The Balaban J connectivity index is 1.62. The summed E-state index contributed by atoms with van der Waals surface area (Å²) in [6.45, 7) is 15.4. The normalized spacial score (nSPS) is 33.8. The predicted molar refractivity (Wildman–Crippen MR) is 124 cm³/mol. The van der Waals surface area contributed by atoms with Crippen molar-refractivity contribution in [1.82, 2.24) is 0 Å². The molecule has 5 heteroatoms. The van der Waals surface area contributed by atoms with Crippen LogP contribution in [0.2, 0.25) is 39.3 Å². The molecule has 1 saturated carbocycles. The highest BCUT2D eigenvalue weighted by atomic mass is 28.4. The van der Waals surface area contributed by atoms with E-state index in [2.05, 4.69) is 76.6 Å². The standard InChI is InChI=1S/C24H36O3Si2/c1-24-13-12-19-18-11-9-17(26-28(2,3)4)14-16(18)8-10-20(19)21(24)15-22(23(24)25)27-29(5,6)7/h9,11-14,19-22H,8,10,15H2,1-7H3/t19?,20?,21?,22-,24+/m1/s1. The van der Waals surface area contributed by atoms with Crippen LogP contribution >= 0.6 is 0 Å². The Morgan fingerprint density at radius 1 is 1.07 bits per heavy atom. The molecule has 1 aromatic rings. The Kier molecular flexibility index (Phi) is 5.03. The van der Waals surface area contributed by atoms with Crippen LogP contribution in [0.3, 0.4) is 0 Å². The Hall–Kier alpha value is -1.18. The summed E-state index contributed by atoms with van der Waals surface area (Å²) in [5, 5.41) is 0. The molecule has 1 fully saturated rings. The van der Waals surface area contributed by atoms with Gasteiger partial charge in [-0.15, -0.1) is 0 Å². The number of aryl methyl sites for hydroxylation is 1. The van der Waals surface area contributed by atoms with Crippen LogP contribution in [-0.2, 0) is 15.6 Å². The second-order valence-corrected chi connectivity index (χ2v) is 20.3. The first kappa shape index (κ1) is 21.1. The van der Waals surface area contributed by atoms with E-state index in [4.69, 9.17) is 8.85 Å². The van der Waals surface area contributed by atoms with Crippen LogP contribution in [-0.4, -0.2) is 28.5 Å². The van der Waals surface area contributed by atoms with Gasteiger partial charge in [0, 0.05) is 11.3 Å². The lowest BCUT2D eigenvalue weighted by Crippen LogP contribution is -2.40. The van der Waals surface area contributed by atoms with Gasteiger partial charge in [-0.1, -0.05) is 18.2 Å². The lowest BCUT2D eigenvalue weighted by atomic mass is 9.59. The summed E-state index contributed by atoms with van der Waals surface area (Å²) in [4.78, 5) is 13.3. The molecule has 0 aromatic heterocycles. The average Bonchev–Trinajstić information content (AvgIpc) is 2.83. The highest BCUT2D eigenvalue weighted by molar-refractivity contribution is 6.70. The van der Waals surface area contributed by atoms with Gasteiger partial charge in [-0.2, -0.15) is 0 Å². The molecular formula is C24H36O3Si2. The van der Waals surface area contributed by atoms with Crippen LogP contribution in [0.25, 0.3) is 0 Å². The van der Waals surface area contributed by atoms with E-state index >= 15 is 0 Å². The highest BCUT2D eigenvalue weighted by Crippen LogP contribution is 2.57. The van der Waals surface area contributed by atoms with E-state index in [1.165, 1.54) is 11.1 Å². The van der Waals surface area contributed by atoms with Crippen LogP contribution < -0.4 is 4.43 Å². The highest BCUT2D eigenvalue weighted by Gasteiger charge is 2.57. The monoisotopic (exact) mass is 428 g/mol. The molecule has 3 nitrogen and oxygen atoms in total. The minimum atomic E-state index is -1.74. The van der Waals surface area contributed by atoms with Gasteiger partial charge in [-0.3, -0.25) is 4.79 Å². The van der Waals surface area contributed by atoms with Crippen molar-refractivity contribution < 1.29 is 13.6 Å². The quantitative estimate of drug-likeness (QED) is 0.440. The van der Waals surface area contributed by atoms with Gasteiger partial charge in [0.2, 0.25) is 8.32 Å². The first-order valence-electron chi connectivity index (χ1n) is 11.1. The molecule has 0 spiro atoms. The SMILES string of the molecule is C[C@]12C=CC3c4ccc(O[Si](C)(C)C)cc4CCC3C1C[C@@H](O[Si](C)(C)C)C2=O. The number of rotatable bonds is 4. The van der Waals surface area contributed by atoms with E-state index in [1.54, 1.807) is 0 Å². The van der Waals surface area contributed by atoms with Crippen molar-refractivity contribution in [3.63, 3.8) is 0 Å². The first-order valence-corrected chi connectivity index (χ1v) is 17.9. The Bertz CT molecular complexity index is 849. The van der Waals surface area contributed by atoms with E-state index in [9.17, 15) is 4.79 Å². The first-order chi connectivity index (χ1) is 13.4. The topological polar surface area (TPSA) is 35.5 Å². The number of benzene rings is 1. The summed E-state index contributed by atoms with van der Waals surface area (Å²) in [6.07, 6.45) is 7.44. The van der Waals surface area contributed by atoms with E-state index in [0.29, 0.717) is 23.5 Å². The Morgan fingerprint density at radius 2 is 1.79 bits per heavy atom. The fraction of sp³-hybridized carbons (Fsp3) is 0.625. The van der Waals surface area contributed by atoms with E-state index in [0.717, 1.165) is 25.0 Å². The van der Waals surface area contributed by atoms with Crippen LogP contribution in [0.5, 0.6) is 5.75 Å². The van der Waals surface area contributed by atoms with Crippen LogP contribution in [0, 0.1) is 17.3 Å². The van der Waals surface area contributed by atoms with Crippen molar-refractivity contribution in [2.24, 2.45) is 17.3 Å². The number of hydrogen-bond donors (Lipinski definition) is 0. The van der Waals surface area contributed by atoms with Gasteiger partial charge >= 0.3 is 0 Å². The van der Waals surface area contributed by atoms with Gasteiger partial charge in [-0.25, -0.2) is 0 Å². The van der Waals surface area contributed by atoms with Crippen LogP contribution in [0.1, 0.15) is 36.8 Å². The largest absolute Gasteiger partial charge is 0.544 e. The zero-order valence-corrected chi connectivity index (χ0v) is 21.0. The van der Waals surface area contributed by atoms with Crippen LogP contribution in [0.15, 0.2) is 30.4 Å².